The van der Waals surface area contributed by atoms with Crippen molar-refractivity contribution in [1.29, 1.82) is 0 Å². The van der Waals surface area contributed by atoms with Crippen molar-refractivity contribution in [3.63, 3.8) is 0 Å². The molecule has 2 aromatic rings. The first-order chi connectivity index (χ1) is 11.7. The smallest absolute Gasteiger partial charge is 0.234 e. The van der Waals surface area contributed by atoms with Crippen LogP contribution in [0.15, 0.2) is 42.7 Å². The zero-order valence-corrected chi connectivity index (χ0v) is 14.6. The summed E-state index contributed by atoms with van der Waals surface area (Å²) in [4.78, 5) is 18.3. The van der Waals surface area contributed by atoms with Gasteiger partial charge < -0.3 is 14.4 Å². The zero-order valence-electron chi connectivity index (χ0n) is 13.8. The minimum absolute atomic E-state index is 0.0178. The van der Waals surface area contributed by atoms with E-state index in [9.17, 15) is 4.79 Å². The average molecular weight is 344 g/mol. The summed E-state index contributed by atoms with van der Waals surface area (Å²) in [5, 5.41) is -0.0178. The van der Waals surface area contributed by atoms with Crippen molar-refractivity contribution in [2.45, 2.75) is 18.8 Å². The molecule has 0 N–H and O–H groups in total. The maximum Gasteiger partial charge on any atom is 0.234 e. The number of hydrogen-bond acceptors (Lipinski definition) is 5. The van der Waals surface area contributed by atoms with Crippen LogP contribution in [0.1, 0.15) is 23.4 Å². The van der Waals surface area contributed by atoms with Gasteiger partial charge in [0.2, 0.25) is 5.91 Å². The summed E-state index contributed by atoms with van der Waals surface area (Å²) < 4.78 is 11.0. The molecule has 24 heavy (non-hydrogen) atoms. The lowest BCUT2D eigenvalue weighted by molar-refractivity contribution is -0.128. The Morgan fingerprint density at radius 2 is 2.04 bits per heavy atom. The Labute approximate surface area is 146 Å². The van der Waals surface area contributed by atoms with Crippen molar-refractivity contribution in [2.75, 3.05) is 19.5 Å². The summed E-state index contributed by atoms with van der Waals surface area (Å²) in [6.07, 6.45) is 3.50. The summed E-state index contributed by atoms with van der Waals surface area (Å²) in [5.41, 5.74) is 2.12. The molecular weight excluding hydrogens is 324 g/mol. The monoisotopic (exact) mass is 344 g/mol. The molecule has 1 aliphatic heterocycles. The predicted octanol–water partition coefficient (Wildman–Crippen LogP) is 3.26. The quantitative estimate of drug-likeness (QED) is 0.805. The van der Waals surface area contributed by atoms with Gasteiger partial charge in [0.25, 0.3) is 0 Å². The zero-order chi connectivity index (χ0) is 16.9. The van der Waals surface area contributed by atoms with Crippen molar-refractivity contribution >= 4 is 17.7 Å². The Kier molecular flexibility index (Phi) is 5.25. The summed E-state index contributed by atoms with van der Waals surface area (Å²) >= 11 is 1.64. The number of nitrogens with zero attached hydrogens (tertiary/aromatic N) is 2. The van der Waals surface area contributed by atoms with Crippen LogP contribution in [0.2, 0.25) is 0 Å². The first-order valence-electron chi connectivity index (χ1n) is 7.83. The normalized spacial score (nSPS) is 17.2. The van der Waals surface area contributed by atoms with Crippen molar-refractivity contribution in [2.24, 2.45) is 0 Å². The number of benzene rings is 1. The van der Waals surface area contributed by atoms with Crippen molar-refractivity contribution in [3.8, 4) is 11.5 Å². The molecule has 0 bridgehead atoms. The van der Waals surface area contributed by atoms with Crippen LogP contribution >= 0.6 is 11.8 Å². The molecule has 1 aromatic carbocycles. The number of thioether (sulfide) groups is 1. The van der Waals surface area contributed by atoms with Crippen molar-refractivity contribution < 1.29 is 14.3 Å². The van der Waals surface area contributed by atoms with Crippen LogP contribution in [-0.4, -0.2) is 35.3 Å². The molecule has 1 aromatic heterocycles. The largest absolute Gasteiger partial charge is 0.493 e. The fourth-order valence-corrected chi connectivity index (χ4v) is 3.88. The predicted molar refractivity (Wildman–Crippen MR) is 94.1 cm³/mol. The van der Waals surface area contributed by atoms with Gasteiger partial charge in [0.05, 0.1) is 19.5 Å². The van der Waals surface area contributed by atoms with E-state index >= 15 is 0 Å². The minimum Gasteiger partial charge on any atom is -0.493 e. The van der Waals surface area contributed by atoms with Crippen molar-refractivity contribution in [3.05, 3.63) is 53.9 Å². The topological polar surface area (TPSA) is 51.7 Å². The number of aromatic nitrogens is 1. The molecule has 1 unspecified atom stereocenters. The van der Waals surface area contributed by atoms with Crippen LogP contribution in [0.5, 0.6) is 11.5 Å². The second kappa shape index (κ2) is 7.57. The van der Waals surface area contributed by atoms with E-state index in [2.05, 4.69) is 4.98 Å². The van der Waals surface area contributed by atoms with Gasteiger partial charge in [0.15, 0.2) is 11.5 Å². The lowest BCUT2D eigenvalue weighted by Crippen LogP contribution is -2.27. The summed E-state index contributed by atoms with van der Waals surface area (Å²) in [6, 6.07) is 9.74. The third-order valence-electron chi connectivity index (χ3n) is 3.84. The maximum atomic E-state index is 12.3. The molecule has 126 valence electrons. The van der Waals surface area contributed by atoms with Gasteiger partial charge in [-0.25, -0.2) is 0 Å². The van der Waals surface area contributed by atoms with Crippen LogP contribution in [0.4, 0.5) is 0 Å². The lowest BCUT2D eigenvalue weighted by Gasteiger charge is -2.25. The summed E-state index contributed by atoms with van der Waals surface area (Å²) in [7, 11) is 1.63. The maximum absolute atomic E-state index is 12.3. The minimum atomic E-state index is -0.0178. The highest BCUT2D eigenvalue weighted by Gasteiger charge is 2.33. The van der Waals surface area contributed by atoms with Crippen LogP contribution in [0.3, 0.4) is 0 Å². The molecule has 0 aliphatic carbocycles. The summed E-state index contributed by atoms with van der Waals surface area (Å²) in [5.74, 6) is 2.05. The highest BCUT2D eigenvalue weighted by Crippen LogP contribution is 2.42. The Balaban J connectivity index is 1.86. The molecule has 5 nitrogen and oxygen atoms in total. The number of methoxy groups -OCH3 is 1. The molecule has 1 aliphatic rings. The van der Waals surface area contributed by atoms with Crippen LogP contribution in [0.25, 0.3) is 0 Å². The summed E-state index contributed by atoms with van der Waals surface area (Å²) in [6.45, 7) is 3.09. The van der Waals surface area contributed by atoms with Gasteiger partial charge in [-0.1, -0.05) is 6.07 Å². The van der Waals surface area contributed by atoms with E-state index in [1.165, 1.54) is 0 Å². The molecule has 1 atom stereocenters. The number of rotatable bonds is 6. The fraction of sp³-hybridized carbons (Fsp3) is 0.333. The highest BCUT2D eigenvalue weighted by atomic mass is 32.2. The Bertz CT molecular complexity index is 709. The first kappa shape index (κ1) is 16.6. The van der Waals surface area contributed by atoms with E-state index in [0.29, 0.717) is 30.4 Å². The van der Waals surface area contributed by atoms with Gasteiger partial charge in [-0.15, -0.1) is 11.8 Å². The molecule has 3 rings (SSSR count). The highest BCUT2D eigenvalue weighted by molar-refractivity contribution is 8.00. The standard InChI is InChI=1S/C18H20N2O3S/c1-3-23-16-10-14(4-5-15(16)22-2)18-20(17(21)12-24-18)11-13-6-8-19-9-7-13/h4-10,18H,3,11-12H2,1-2H3. The van der Waals surface area contributed by atoms with E-state index in [1.54, 1.807) is 31.3 Å². The molecule has 0 spiro atoms. The molecule has 1 amide bonds. The van der Waals surface area contributed by atoms with Crippen LogP contribution < -0.4 is 9.47 Å². The SMILES string of the molecule is CCOc1cc(C2SCC(=O)N2Cc2ccncc2)ccc1OC. The second-order valence-corrected chi connectivity index (χ2v) is 6.45. The number of carbonyl (C=O) groups excluding carboxylic acids is 1. The molecular formula is C18H20N2O3S. The van der Waals surface area contributed by atoms with E-state index in [-0.39, 0.29) is 11.3 Å². The first-order valence-corrected chi connectivity index (χ1v) is 8.88. The molecule has 1 saturated heterocycles. The Hall–Kier alpha value is -2.21. The van der Waals surface area contributed by atoms with Crippen LogP contribution in [-0.2, 0) is 11.3 Å². The Morgan fingerprint density at radius 3 is 2.75 bits per heavy atom. The number of carbonyl (C=O) groups is 1. The van der Waals surface area contributed by atoms with Gasteiger partial charge in [0, 0.05) is 18.9 Å². The van der Waals surface area contributed by atoms with Gasteiger partial charge in [-0.3, -0.25) is 9.78 Å². The second-order valence-electron chi connectivity index (χ2n) is 5.38. The number of pyridine rings is 1. The van der Waals surface area contributed by atoms with Gasteiger partial charge in [-0.2, -0.15) is 0 Å². The number of amides is 1. The molecule has 6 heteroatoms. The van der Waals surface area contributed by atoms with E-state index < -0.39 is 0 Å². The van der Waals surface area contributed by atoms with Gasteiger partial charge in [0.1, 0.15) is 5.37 Å². The van der Waals surface area contributed by atoms with E-state index in [4.69, 9.17) is 9.47 Å². The number of ether oxygens (including phenoxy) is 2. The van der Waals surface area contributed by atoms with Gasteiger partial charge in [-0.05, 0) is 42.3 Å². The average Bonchev–Trinajstić information content (AvgIpc) is 2.97. The van der Waals surface area contributed by atoms with Gasteiger partial charge >= 0.3 is 0 Å². The Morgan fingerprint density at radius 1 is 1.25 bits per heavy atom. The molecule has 1 fully saturated rings. The molecule has 0 radical (unpaired) electrons. The third-order valence-corrected chi connectivity index (χ3v) is 5.10. The van der Waals surface area contributed by atoms with Crippen molar-refractivity contribution in [1.82, 2.24) is 9.88 Å². The third kappa shape index (κ3) is 3.48. The van der Waals surface area contributed by atoms with E-state index in [0.717, 1.165) is 11.1 Å². The lowest BCUT2D eigenvalue weighted by atomic mass is 10.1. The molecule has 0 saturated carbocycles. The number of hydrogen-bond donors (Lipinski definition) is 0. The fourth-order valence-electron chi connectivity index (χ4n) is 2.70. The molecule has 2 heterocycles. The van der Waals surface area contributed by atoms with E-state index in [1.807, 2.05) is 42.2 Å². The van der Waals surface area contributed by atoms with Crippen LogP contribution in [0, 0.1) is 0 Å².